The van der Waals surface area contributed by atoms with E-state index in [4.69, 9.17) is 4.74 Å². The fraction of sp³-hybridized carbons (Fsp3) is 0.538. The number of fused-ring (bicyclic) bond motifs is 1. The van der Waals surface area contributed by atoms with Crippen molar-refractivity contribution in [1.29, 1.82) is 0 Å². The van der Waals surface area contributed by atoms with Gasteiger partial charge in [0.05, 0.1) is 12.2 Å². The topological polar surface area (TPSA) is 33.3 Å². The number of likely N-dealkylation sites (N-methyl/N-ethyl adjacent to an activating group) is 1. The number of rotatable bonds is 4. The highest BCUT2D eigenvalue weighted by atomic mass is 16.5. The summed E-state index contributed by atoms with van der Waals surface area (Å²) in [7, 11) is 1.98. The zero-order chi connectivity index (χ0) is 11.4. The van der Waals surface area contributed by atoms with Crippen molar-refractivity contribution in [2.45, 2.75) is 25.9 Å². The molecule has 0 fully saturated rings. The van der Waals surface area contributed by atoms with Crippen LogP contribution < -0.4 is 15.4 Å². The van der Waals surface area contributed by atoms with Crippen molar-refractivity contribution >= 4 is 5.69 Å². The van der Waals surface area contributed by atoms with E-state index < -0.39 is 0 Å². The van der Waals surface area contributed by atoms with Gasteiger partial charge in [-0.25, -0.2) is 0 Å². The predicted molar refractivity (Wildman–Crippen MR) is 67.3 cm³/mol. The van der Waals surface area contributed by atoms with Crippen LogP contribution in [0.2, 0.25) is 0 Å². The Kier molecular flexibility index (Phi) is 3.67. The van der Waals surface area contributed by atoms with E-state index in [0.717, 1.165) is 37.4 Å². The summed E-state index contributed by atoms with van der Waals surface area (Å²) in [5, 5.41) is 6.60. The molecule has 88 valence electrons. The van der Waals surface area contributed by atoms with Crippen molar-refractivity contribution in [3.05, 3.63) is 23.8 Å². The third-order valence-corrected chi connectivity index (χ3v) is 2.98. The Morgan fingerprint density at radius 1 is 1.50 bits per heavy atom. The van der Waals surface area contributed by atoms with Gasteiger partial charge in [-0.2, -0.15) is 0 Å². The van der Waals surface area contributed by atoms with Gasteiger partial charge in [0.15, 0.2) is 0 Å². The van der Waals surface area contributed by atoms with E-state index in [1.165, 1.54) is 5.56 Å². The highest BCUT2D eigenvalue weighted by Crippen LogP contribution is 2.30. The first-order valence-corrected chi connectivity index (χ1v) is 6.01. The van der Waals surface area contributed by atoms with E-state index in [2.05, 4.69) is 35.8 Å². The lowest BCUT2D eigenvalue weighted by Crippen LogP contribution is -2.30. The van der Waals surface area contributed by atoms with Crippen LogP contribution in [0.3, 0.4) is 0 Å². The molecule has 0 aromatic heterocycles. The molecule has 0 radical (unpaired) electrons. The molecule has 0 bridgehead atoms. The fourth-order valence-electron chi connectivity index (χ4n) is 1.92. The highest BCUT2D eigenvalue weighted by molar-refractivity contribution is 5.59. The molecule has 1 atom stereocenters. The van der Waals surface area contributed by atoms with Gasteiger partial charge < -0.3 is 15.4 Å². The summed E-state index contributed by atoms with van der Waals surface area (Å²) >= 11 is 0. The number of hydrogen-bond acceptors (Lipinski definition) is 3. The average molecular weight is 220 g/mol. The molecule has 0 saturated heterocycles. The Morgan fingerprint density at radius 3 is 3.12 bits per heavy atom. The molecular weight excluding hydrogens is 200 g/mol. The second-order valence-electron chi connectivity index (χ2n) is 4.21. The van der Waals surface area contributed by atoms with Gasteiger partial charge in [0.1, 0.15) is 11.9 Å². The molecule has 3 nitrogen and oxygen atoms in total. The van der Waals surface area contributed by atoms with Gasteiger partial charge in [0, 0.05) is 0 Å². The molecule has 0 amide bonds. The van der Waals surface area contributed by atoms with E-state index in [0.29, 0.717) is 6.10 Å². The molecule has 1 unspecified atom stereocenters. The van der Waals surface area contributed by atoms with Gasteiger partial charge >= 0.3 is 0 Å². The molecule has 0 aliphatic carbocycles. The van der Waals surface area contributed by atoms with Crippen LogP contribution in [0.1, 0.15) is 18.9 Å². The minimum Gasteiger partial charge on any atom is -0.486 e. The third-order valence-electron chi connectivity index (χ3n) is 2.98. The van der Waals surface area contributed by atoms with E-state index in [1.54, 1.807) is 0 Å². The number of nitrogens with one attached hydrogen (secondary N) is 2. The van der Waals surface area contributed by atoms with Crippen LogP contribution in [0.5, 0.6) is 5.75 Å². The SMILES string of the molecule is CCC1CNc2cc(CCNC)ccc2O1. The Hall–Kier alpha value is -1.22. The average Bonchev–Trinajstić information content (AvgIpc) is 2.35. The van der Waals surface area contributed by atoms with Crippen molar-refractivity contribution in [3.63, 3.8) is 0 Å². The predicted octanol–water partition coefficient (Wildman–Crippen LogP) is 2.03. The van der Waals surface area contributed by atoms with Crippen LogP contribution in [-0.2, 0) is 6.42 Å². The number of ether oxygens (including phenoxy) is 1. The van der Waals surface area contributed by atoms with Crippen molar-refractivity contribution in [1.82, 2.24) is 5.32 Å². The van der Waals surface area contributed by atoms with Gasteiger partial charge in [-0.05, 0) is 44.1 Å². The molecule has 3 heteroatoms. The maximum atomic E-state index is 5.86. The summed E-state index contributed by atoms with van der Waals surface area (Å²) < 4.78 is 5.86. The van der Waals surface area contributed by atoms with E-state index >= 15 is 0 Å². The quantitative estimate of drug-likeness (QED) is 0.814. The van der Waals surface area contributed by atoms with E-state index in [9.17, 15) is 0 Å². The van der Waals surface area contributed by atoms with E-state index in [-0.39, 0.29) is 0 Å². The van der Waals surface area contributed by atoms with Crippen LogP contribution >= 0.6 is 0 Å². The molecule has 2 rings (SSSR count). The standard InChI is InChI=1S/C13H20N2O/c1-3-11-9-15-12-8-10(6-7-14-2)4-5-13(12)16-11/h4-5,8,11,14-15H,3,6-7,9H2,1-2H3. The smallest absolute Gasteiger partial charge is 0.142 e. The second kappa shape index (κ2) is 5.21. The Labute approximate surface area is 97.2 Å². The molecule has 1 heterocycles. The molecule has 1 aromatic rings. The zero-order valence-electron chi connectivity index (χ0n) is 10.0. The number of anilines is 1. The fourth-order valence-corrected chi connectivity index (χ4v) is 1.92. The summed E-state index contributed by atoms with van der Waals surface area (Å²) in [6, 6.07) is 6.42. The summed E-state index contributed by atoms with van der Waals surface area (Å²) in [5.74, 6) is 0.992. The van der Waals surface area contributed by atoms with E-state index in [1.807, 2.05) is 7.05 Å². The Bertz CT molecular complexity index is 352. The minimum atomic E-state index is 0.315. The summed E-state index contributed by atoms with van der Waals surface area (Å²) in [6.45, 7) is 4.08. The number of hydrogen-bond donors (Lipinski definition) is 2. The van der Waals surface area contributed by atoms with Crippen LogP contribution in [0.4, 0.5) is 5.69 Å². The summed E-state index contributed by atoms with van der Waals surface area (Å²) in [4.78, 5) is 0. The molecule has 1 aromatic carbocycles. The van der Waals surface area contributed by atoms with Crippen molar-refractivity contribution in [3.8, 4) is 5.75 Å². The van der Waals surface area contributed by atoms with Crippen LogP contribution in [-0.4, -0.2) is 26.2 Å². The lowest BCUT2D eigenvalue weighted by molar-refractivity contribution is 0.202. The third kappa shape index (κ3) is 2.47. The summed E-state index contributed by atoms with van der Waals surface area (Å²) in [6.07, 6.45) is 2.42. The van der Waals surface area contributed by atoms with Crippen LogP contribution in [0.15, 0.2) is 18.2 Å². The van der Waals surface area contributed by atoms with Gasteiger partial charge in [-0.15, -0.1) is 0 Å². The monoisotopic (exact) mass is 220 g/mol. The molecule has 1 aliphatic heterocycles. The Balaban J connectivity index is 2.08. The van der Waals surface area contributed by atoms with Gasteiger partial charge in [-0.3, -0.25) is 0 Å². The van der Waals surface area contributed by atoms with Gasteiger partial charge in [0.2, 0.25) is 0 Å². The first-order valence-electron chi connectivity index (χ1n) is 6.01. The largest absolute Gasteiger partial charge is 0.486 e. The van der Waals surface area contributed by atoms with Crippen LogP contribution in [0.25, 0.3) is 0 Å². The minimum absolute atomic E-state index is 0.315. The van der Waals surface area contributed by atoms with Crippen molar-refractivity contribution in [2.24, 2.45) is 0 Å². The lowest BCUT2D eigenvalue weighted by Gasteiger charge is -2.27. The second-order valence-corrected chi connectivity index (χ2v) is 4.21. The number of benzene rings is 1. The Morgan fingerprint density at radius 2 is 2.38 bits per heavy atom. The highest BCUT2D eigenvalue weighted by Gasteiger charge is 2.17. The van der Waals surface area contributed by atoms with Gasteiger partial charge in [0.25, 0.3) is 0 Å². The summed E-state index contributed by atoms with van der Waals surface area (Å²) in [5.41, 5.74) is 2.48. The molecule has 1 aliphatic rings. The molecule has 2 N–H and O–H groups in total. The molecular formula is C13H20N2O. The first-order chi connectivity index (χ1) is 7.83. The van der Waals surface area contributed by atoms with Crippen molar-refractivity contribution in [2.75, 3.05) is 25.5 Å². The normalized spacial score (nSPS) is 18.5. The molecule has 0 saturated carbocycles. The maximum absolute atomic E-state index is 5.86. The van der Waals surface area contributed by atoms with Crippen molar-refractivity contribution < 1.29 is 4.74 Å². The first kappa shape index (κ1) is 11.3. The molecule has 0 spiro atoms. The van der Waals surface area contributed by atoms with Crippen LogP contribution in [0, 0.1) is 0 Å². The maximum Gasteiger partial charge on any atom is 0.142 e. The lowest BCUT2D eigenvalue weighted by atomic mass is 10.1. The van der Waals surface area contributed by atoms with Gasteiger partial charge in [-0.1, -0.05) is 13.0 Å². The molecule has 16 heavy (non-hydrogen) atoms. The zero-order valence-corrected chi connectivity index (χ0v) is 10.0.